The van der Waals surface area contributed by atoms with Crippen LogP contribution in [0.2, 0.25) is 0 Å². The van der Waals surface area contributed by atoms with Gasteiger partial charge in [-0.05, 0) is 18.5 Å². The Kier molecular flexibility index (Phi) is 5.18. The second-order valence-corrected chi connectivity index (χ2v) is 6.25. The van der Waals surface area contributed by atoms with Gasteiger partial charge < -0.3 is 9.88 Å². The Morgan fingerprint density at radius 1 is 1.24 bits per heavy atom. The van der Waals surface area contributed by atoms with Gasteiger partial charge in [0.25, 0.3) is 0 Å². The highest BCUT2D eigenvalue weighted by molar-refractivity contribution is 5.26. The maximum atomic E-state index is 4.49. The van der Waals surface area contributed by atoms with Crippen LogP contribution in [-0.2, 0) is 18.9 Å². The lowest BCUT2D eigenvalue weighted by Crippen LogP contribution is -2.47. The summed E-state index contributed by atoms with van der Waals surface area (Å²) in [5.41, 5.74) is 1.43. The lowest BCUT2D eigenvalue weighted by atomic mass is 9.76. The van der Waals surface area contributed by atoms with E-state index in [4.69, 9.17) is 0 Å². The third kappa shape index (κ3) is 3.73. The van der Waals surface area contributed by atoms with E-state index in [2.05, 4.69) is 73.0 Å². The first kappa shape index (κ1) is 15.8. The molecule has 0 fully saturated rings. The predicted octanol–water partition coefficient (Wildman–Crippen LogP) is 3.31. The maximum Gasteiger partial charge on any atom is 0.109 e. The first-order chi connectivity index (χ1) is 10.1. The molecule has 1 aromatic carbocycles. The molecule has 0 spiro atoms. The van der Waals surface area contributed by atoms with Crippen LogP contribution >= 0.6 is 0 Å². The molecule has 0 aliphatic heterocycles. The number of rotatable bonds is 7. The van der Waals surface area contributed by atoms with Crippen molar-refractivity contribution in [3.05, 3.63) is 54.1 Å². The Morgan fingerprint density at radius 3 is 2.52 bits per heavy atom. The molecule has 3 nitrogen and oxygen atoms in total. The molecular weight excluding hydrogens is 258 g/mol. The standard InChI is InChI=1S/C18H27N3/c1-5-11-19-16(14-17-20-12-13-21(17)4)18(2,3)15-9-7-6-8-10-15/h6-10,12-13,16,19H,5,11,14H2,1-4H3. The summed E-state index contributed by atoms with van der Waals surface area (Å²) in [6, 6.07) is 11.1. The molecule has 0 aliphatic rings. The fourth-order valence-corrected chi connectivity index (χ4v) is 2.75. The van der Waals surface area contributed by atoms with Crippen LogP contribution in [0.4, 0.5) is 0 Å². The molecule has 21 heavy (non-hydrogen) atoms. The van der Waals surface area contributed by atoms with E-state index in [1.807, 2.05) is 12.4 Å². The summed E-state index contributed by atoms with van der Waals surface area (Å²) in [5, 5.41) is 3.72. The highest BCUT2D eigenvalue weighted by Crippen LogP contribution is 2.28. The van der Waals surface area contributed by atoms with Gasteiger partial charge in [0, 0.05) is 37.3 Å². The molecule has 3 heteroatoms. The molecule has 0 amide bonds. The van der Waals surface area contributed by atoms with Crippen LogP contribution in [0.1, 0.15) is 38.6 Å². The highest BCUT2D eigenvalue weighted by Gasteiger charge is 2.31. The van der Waals surface area contributed by atoms with E-state index in [-0.39, 0.29) is 5.41 Å². The molecule has 0 saturated carbocycles. The van der Waals surface area contributed by atoms with Gasteiger partial charge >= 0.3 is 0 Å². The zero-order valence-electron chi connectivity index (χ0n) is 13.6. The third-order valence-corrected chi connectivity index (χ3v) is 4.34. The van der Waals surface area contributed by atoms with E-state index >= 15 is 0 Å². The van der Waals surface area contributed by atoms with Gasteiger partial charge in [-0.3, -0.25) is 0 Å². The van der Waals surface area contributed by atoms with E-state index in [0.29, 0.717) is 6.04 Å². The van der Waals surface area contributed by atoms with Crippen molar-refractivity contribution < 1.29 is 0 Å². The number of nitrogens with one attached hydrogen (secondary N) is 1. The monoisotopic (exact) mass is 285 g/mol. The van der Waals surface area contributed by atoms with Crippen LogP contribution in [0, 0.1) is 0 Å². The molecule has 2 rings (SSSR count). The van der Waals surface area contributed by atoms with Crippen LogP contribution in [0.5, 0.6) is 0 Å². The molecule has 0 saturated heterocycles. The van der Waals surface area contributed by atoms with Crippen LogP contribution < -0.4 is 5.32 Å². The normalized spacial score (nSPS) is 13.3. The highest BCUT2D eigenvalue weighted by atomic mass is 15.0. The summed E-state index contributed by atoms with van der Waals surface area (Å²) in [6.45, 7) is 7.88. The van der Waals surface area contributed by atoms with Gasteiger partial charge in [0.15, 0.2) is 0 Å². The Hall–Kier alpha value is -1.61. The average Bonchev–Trinajstić information content (AvgIpc) is 2.89. The van der Waals surface area contributed by atoms with Gasteiger partial charge in [-0.15, -0.1) is 0 Å². The molecule has 1 atom stereocenters. The molecule has 0 bridgehead atoms. The predicted molar refractivity (Wildman–Crippen MR) is 88.5 cm³/mol. The number of aryl methyl sites for hydroxylation is 1. The number of nitrogens with zero attached hydrogens (tertiary/aromatic N) is 2. The van der Waals surface area contributed by atoms with Gasteiger partial charge in [0.05, 0.1) is 0 Å². The van der Waals surface area contributed by atoms with Crippen LogP contribution in [0.15, 0.2) is 42.7 Å². The van der Waals surface area contributed by atoms with Crippen molar-refractivity contribution in [1.82, 2.24) is 14.9 Å². The lowest BCUT2D eigenvalue weighted by molar-refractivity contribution is 0.331. The first-order valence-corrected chi connectivity index (χ1v) is 7.80. The summed E-state index contributed by atoms with van der Waals surface area (Å²) in [6.07, 6.45) is 5.97. The number of hydrogen-bond donors (Lipinski definition) is 1. The van der Waals surface area contributed by atoms with Crippen LogP contribution in [0.3, 0.4) is 0 Å². The number of benzene rings is 1. The topological polar surface area (TPSA) is 29.9 Å². The van der Waals surface area contributed by atoms with Crippen molar-refractivity contribution >= 4 is 0 Å². The van der Waals surface area contributed by atoms with Crippen molar-refractivity contribution in [2.75, 3.05) is 6.54 Å². The molecule has 114 valence electrons. The fourth-order valence-electron chi connectivity index (χ4n) is 2.75. The molecule has 0 aliphatic carbocycles. The van der Waals surface area contributed by atoms with Crippen LogP contribution in [-0.4, -0.2) is 22.1 Å². The van der Waals surface area contributed by atoms with Crippen molar-refractivity contribution in [3.8, 4) is 0 Å². The lowest BCUT2D eigenvalue weighted by Gasteiger charge is -2.35. The Labute approximate surface area is 128 Å². The molecule has 1 N–H and O–H groups in total. The average molecular weight is 285 g/mol. The zero-order valence-corrected chi connectivity index (χ0v) is 13.6. The first-order valence-electron chi connectivity index (χ1n) is 7.80. The summed E-state index contributed by atoms with van der Waals surface area (Å²) < 4.78 is 2.11. The smallest absolute Gasteiger partial charge is 0.109 e. The third-order valence-electron chi connectivity index (χ3n) is 4.34. The second kappa shape index (κ2) is 6.90. The summed E-state index contributed by atoms with van der Waals surface area (Å²) >= 11 is 0. The van der Waals surface area contributed by atoms with E-state index in [1.165, 1.54) is 5.56 Å². The van der Waals surface area contributed by atoms with Crippen molar-refractivity contribution in [2.24, 2.45) is 7.05 Å². The number of aromatic nitrogens is 2. The van der Waals surface area contributed by atoms with Crippen LogP contribution in [0.25, 0.3) is 0 Å². The number of hydrogen-bond acceptors (Lipinski definition) is 2. The molecule has 2 aromatic rings. The molecule has 1 aromatic heterocycles. The SMILES string of the molecule is CCCNC(Cc1nccn1C)C(C)(C)c1ccccc1. The Bertz CT molecular complexity index is 543. The summed E-state index contributed by atoms with van der Waals surface area (Å²) in [5.74, 6) is 1.13. The van der Waals surface area contributed by atoms with Crippen molar-refractivity contribution in [3.63, 3.8) is 0 Å². The quantitative estimate of drug-likeness (QED) is 0.846. The van der Waals surface area contributed by atoms with Gasteiger partial charge in [-0.2, -0.15) is 0 Å². The second-order valence-electron chi connectivity index (χ2n) is 6.25. The van der Waals surface area contributed by atoms with Gasteiger partial charge in [0.2, 0.25) is 0 Å². The zero-order chi connectivity index (χ0) is 15.3. The maximum absolute atomic E-state index is 4.49. The minimum Gasteiger partial charge on any atom is -0.338 e. The molecule has 1 heterocycles. The largest absolute Gasteiger partial charge is 0.338 e. The van der Waals surface area contributed by atoms with Crippen molar-refractivity contribution in [2.45, 2.75) is 45.1 Å². The van der Waals surface area contributed by atoms with E-state index < -0.39 is 0 Å². The number of imidazole rings is 1. The summed E-state index contributed by atoms with van der Waals surface area (Å²) in [4.78, 5) is 4.49. The van der Waals surface area contributed by atoms with Gasteiger partial charge in [0.1, 0.15) is 5.82 Å². The molecule has 1 unspecified atom stereocenters. The van der Waals surface area contributed by atoms with Gasteiger partial charge in [-0.1, -0.05) is 51.1 Å². The van der Waals surface area contributed by atoms with E-state index in [0.717, 1.165) is 25.2 Å². The van der Waals surface area contributed by atoms with Crippen molar-refractivity contribution in [1.29, 1.82) is 0 Å². The summed E-state index contributed by atoms with van der Waals surface area (Å²) in [7, 11) is 2.06. The Morgan fingerprint density at radius 2 is 1.95 bits per heavy atom. The van der Waals surface area contributed by atoms with E-state index in [1.54, 1.807) is 0 Å². The van der Waals surface area contributed by atoms with Gasteiger partial charge in [-0.25, -0.2) is 4.98 Å². The minimum atomic E-state index is 0.0579. The van der Waals surface area contributed by atoms with E-state index in [9.17, 15) is 0 Å². The fraction of sp³-hybridized carbons (Fsp3) is 0.500. The molecular formula is C18H27N3. The Balaban J connectivity index is 2.24. The minimum absolute atomic E-state index is 0.0579. The molecule has 0 radical (unpaired) electrons.